The first-order valence-electron chi connectivity index (χ1n) is 11.9. The standard InChI is InChI=1S/C26H32N6O3/c1-26(2,3)17-7-5-15(6-8-17)19-11-23(31(4)30-19)28-20-9-18(33)10-22(34)24(20)25(35)32-13-16-12-27-29-21(16)14-32/h5-11,16,21,27-29,33-34H,12-14H2,1-4H3. The van der Waals surface area contributed by atoms with Crippen LogP contribution >= 0.6 is 0 Å². The van der Waals surface area contributed by atoms with Gasteiger partial charge >= 0.3 is 0 Å². The lowest BCUT2D eigenvalue weighted by Gasteiger charge is -2.21. The second kappa shape index (κ2) is 8.58. The van der Waals surface area contributed by atoms with Crippen LogP contribution in [0.25, 0.3) is 11.3 Å². The van der Waals surface area contributed by atoms with Crippen LogP contribution in [0, 0.1) is 5.92 Å². The van der Waals surface area contributed by atoms with Gasteiger partial charge in [0, 0.05) is 62.4 Å². The predicted octanol–water partition coefficient (Wildman–Crippen LogP) is 3.09. The van der Waals surface area contributed by atoms with Gasteiger partial charge in [0.05, 0.1) is 11.4 Å². The minimum atomic E-state index is -0.277. The molecule has 0 spiro atoms. The second-order valence-electron chi connectivity index (χ2n) is 10.5. The molecule has 9 heteroatoms. The first kappa shape index (κ1) is 23.2. The molecular weight excluding hydrogens is 444 g/mol. The average molecular weight is 477 g/mol. The molecule has 184 valence electrons. The number of phenols is 2. The Morgan fingerprint density at radius 1 is 1.11 bits per heavy atom. The van der Waals surface area contributed by atoms with Crippen LogP contribution in [-0.4, -0.2) is 56.5 Å². The zero-order valence-electron chi connectivity index (χ0n) is 20.5. The number of likely N-dealkylation sites (tertiary alicyclic amines) is 1. The lowest BCUT2D eigenvalue weighted by molar-refractivity contribution is 0.0780. The number of carbonyl (C=O) groups is 1. The van der Waals surface area contributed by atoms with E-state index in [4.69, 9.17) is 0 Å². The Labute approximate surface area is 204 Å². The number of anilines is 2. The van der Waals surface area contributed by atoms with Crippen molar-refractivity contribution in [2.45, 2.75) is 32.2 Å². The van der Waals surface area contributed by atoms with Gasteiger partial charge in [-0.25, -0.2) is 0 Å². The normalized spacial score (nSPS) is 19.7. The number of nitrogens with one attached hydrogen (secondary N) is 3. The van der Waals surface area contributed by atoms with Gasteiger partial charge in [-0.1, -0.05) is 45.0 Å². The average Bonchev–Trinajstić information content (AvgIpc) is 3.48. The fourth-order valence-corrected chi connectivity index (χ4v) is 4.83. The number of rotatable bonds is 4. The van der Waals surface area contributed by atoms with Crippen LogP contribution in [-0.2, 0) is 12.5 Å². The SMILES string of the molecule is Cn1nc(-c2ccc(C(C)(C)C)cc2)cc1Nc1cc(O)cc(O)c1C(=O)N1CC2CNNC2C1. The van der Waals surface area contributed by atoms with Crippen molar-refractivity contribution in [3.8, 4) is 22.8 Å². The maximum atomic E-state index is 13.4. The number of aryl methyl sites for hydroxylation is 1. The van der Waals surface area contributed by atoms with Crippen LogP contribution in [0.15, 0.2) is 42.5 Å². The summed E-state index contributed by atoms with van der Waals surface area (Å²) in [6.07, 6.45) is 0. The van der Waals surface area contributed by atoms with E-state index >= 15 is 0 Å². The Morgan fingerprint density at radius 2 is 1.86 bits per heavy atom. The van der Waals surface area contributed by atoms with Crippen LogP contribution in [0.2, 0.25) is 0 Å². The molecular formula is C26H32N6O3. The van der Waals surface area contributed by atoms with Gasteiger partial charge in [-0.15, -0.1) is 0 Å². The summed E-state index contributed by atoms with van der Waals surface area (Å²) < 4.78 is 1.68. The Kier molecular flexibility index (Phi) is 5.69. The number of phenolic OH excluding ortho intramolecular Hbond substituents is 2. The molecule has 1 amide bonds. The first-order valence-corrected chi connectivity index (χ1v) is 11.9. The number of carbonyl (C=O) groups excluding carboxylic acids is 1. The summed E-state index contributed by atoms with van der Waals surface area (Å²) >= 11 is 0. The number of fused-ring (bicyclic) bond motifs is 1. The third-order valence-corrected chi connectivity index (χ3v) is 6.89. The molecule has 2 atom stereocenters. The minimum absolute atomic E-state index is 0.0657. The van der Waals surface area contributed by atoms with Crippen LogP contribution in [0.5, 0.6) is 11.5 Å². The van der Waals surface area contributed by atoms with E-state index in [0.29, 0.717) is 30.5 Å². The Balaban J connectivity index is 1.43. The van der Waals surface area contributed by atoms with Crippen LogP contribution in [0.4, 0.5) is 11.5 Å². The van der Waals surface area contributed by atoms with Gasteiger partial charge in [0.15, 0.2) is 0 Å². The highest BCUT2D eigenvalue weighted by atomic mass is 16.3. The molecule has 0 aliphatic carbocycles. The summed E-state index contributed by atoms with van der Waals surface area (Å²) in [5.74, 6) is 0.287. The zero-order valence-corrected chi connectivity index (χ0v) is 20.5. The van der Waals surface area contributed by atoms with E-state index in [1.165, 1.54) is 17.7 Å². The molecule has 5 rings (SSSR count). The molecule has 2 saturated heterocycles. The lowest BCUT2D eigenvalue weighted by atomic mass is 9.86. The molecule has 2 aliphatic rings. The van der Waals surface area contributed by atoms with Gasteiger partial charge in [-0.3, -0.25) is 20.3 Å². The van der Waals surface area contributed by atoms with Crippen molar-refractivity contribution in [2.24, 2.45) is 13.0 Å². The monoisotopic (exact) mass is 476 g/mol. The highest BCUT2D eigenvalue weighted by molar-refractivity contribution is 6.03. The molecule has 1 aromatic heterocycles. The number of hydrazine groups is 1. The number of hydrogen-bond acceptors (Lipinski definition) is 7. The number of hydrogen-bond donors (Lipinski definition) is 5. The topological polar surface area (TPSA) is 115 Å². The maximum Gasteiger partial charge on any atom is 0.259 e. The summed E-state index contributed by atoms with van der Waals surface area (Å²) in [5.41, 5.74) is 9.84. The molecule has 0 radical (unpaired) electrons. The van der Waals surface area contributed by atoms with Crippen molar-refractivity contribution in [1.82, 2.24) is 25.5 Å². The van der Waals surface area contributed by atoms with Crippen LogP contribution in [0.3, 0.4) is 0 Å². The van der Waals surface area contributed by atoms with Crippen LogP contribution < -0.4 is 16.2 Å². The molecule has 3 heterocycles. The maximum absolute atomic E-state index is 13.4. The Bertz CT molecular complexity index is 1250. The van der Waals surface area contributed by atoms with Crippen molar-refractivity contribution in [3.05, 3.63) is 53.6 Å². The van der Waals surface area contributed by atoms with Crippen LogP contribution in [0.1, 0.15) is 36.7 Å². The van der Waals surface area contributed by atoms with Gasteiger partial charge in [0.2, 0.25) is 0 Å². The molecule has 35 heavy (non-hydrogen) atoms. The Morgan fingerprint density at radius 3 is 2.54 bits per heavy atom. The zero-order chi connectivity index (χ0) is 24.9. The minimum Gasteiger partial charge on any atom is -0.508 e. The summed E-state index contributed by atoms with van der Waals surface area (Å²) in [6, 6.07) is 13.0. The fraction of sp³-hybridized carbons (Fsp3) is 0.385. The molecule has 5 N–H and O–H groups in total. The quantitative estimate of drug-likeness (QED) is 0.393. The van der Waals surface area contributed by atoms with Crippen molar-refractivity contribution >= 4 is 17.4 Å². The second-order valence-corrected chi connectivity index (χ2v) is 10.5. The van der Waals surface area contributed by atoms with Crippen molar-refractivity contribution in [2.75, 3.05) is 25.0 Å². The van der Waals surface area contributed by atoms with Gasteiger partial charge in [-0.2, -0.15) is 5.10 Å². The predicted molar refractivity (Wildman–Crippen MR) is 135 cm³/mol. The van der Waals surface area contributed by atoms with E-state index in [-0.39, 0.29) is 34.4 Å². The highest BCUT2D eigenvalue weighted by Gasteiger charge is 2.39. The van der Waals surface area contributed by atoms with E-state index in [1.54, 1.807) is 16.6 Å². The Hall–Kier alpha value is -3.56. The molecule has 2 aliphatic heterocycles. The lowest BCUT2D eigenvalue weighted by Crippen LogP contribution is -2.38. The number of benzene rings is 2. The van der Waals surface area contributed by atoms with E-state index < -0.39 is 0 Å². The number of aromatic nitrogens is 2. The van der Waals surface area contributed by atoms with E-state index in [2.05, 4.69) is 66.3 Å². The molecule has 0 saturated carbocycles. The molecule has 2 aromatic carbocycles. The number of nitrogens with zero attached hydrogens (tertiary/aromatic N) is 3. The molecule has 2 fully saturated rings. The first-order chi connectivity index (χ1) is 16.6. The highest BCUT2D eigenvalue weighted by Crippen LogP contribution is 2.36. The van der Waals surface area contributed by atoms with Gasteiger partial charge < -0.3 is 20.4 Å². The molecule has 9 nitrogen and oxygen atoms in total. The largest absolute Gasteiger partial charge is 0.508 e. The third-order valence-electron chi connectivity index (χ3n) is 6.89. The molecule has 0 bridgehead atoms. The summed E-state index contributed by atoms with van der Waals surface area (Å²) in [5, 5.41) is 28.6. The van der Waals surface area contributed by atoms with E-state index in [9.17, 15) is 15.0 Å². The molecule has 2 unspecified atom stereocenters. The van der Waals surface area contributed by atoms with E-state index in [1.807, 2.05) is 6.07 Å². The summed E-state index contributed by atoms with van der Waals surface area (Å²) in [7, 11) is 1.81. The van der Waals surface area contributed by atoms with Gasteiger partial charge in [0.1, 0.15) is 22.9 Å². The van der Waals surface area contributed by atoms with Crippen molar-refractivity contribution in [1.29, 1.82) is 0 Å². The molecule has 3 aromatic rings. The fourth-order valence-electron chi connectivity index (χ4n) is 4.83. The third kappa shape index (κ3) is 4.44. The van der Waals surface area contributed by atoms with Crippen molar-refractivity contribution < 1.29 is 15.0 Å². The van der Waals surface area contributed by atoms with Gasteiger partial charge in [-0.05, 0) is 11.0 Å². The number of aromatic hydroxyl groups is 2. The van der Waals surface area contributed by atoms with Crippen molar-refractivity contribution in [3.63, 3.8) is 0 Å². The smallest absolute Gasteiger partial charge is 0.259 e. The number of amides is 1. The summed E-state index contributed by atoms with van der Waals surface area (Å²) in [6.45, 7) is 8.48. The summed E-state index contributed by atoms with van der Waals surface area (Å²) in [4.78, 5) is 15.2. The van der Waals surface area contributed by atoms with Gasteiger partial charge in [0.25, 0.3) is 5.91 Å². The van der Waals surface area contributed by atoms with E-state index in [0.717, 1.165) is 17.8 Å².